The van der Waals surface area contributed by atoms with E-state index in [1.165, 1.54) is 5.57 Å². The molecule has 0 radical (unpaired) electrons. The molecule has 0 bridgehead atoms. The fraction of sp³-hybridized carbons (Fsp3) is 0.250. The summed E-state index contributed by atoms with van der Waals surface area (Å²) in [5.74, 6) is 0.340. The van der Waals surface area contributed by atoms with Gasteiger partial charge in [-0.2, -0.15) is 0 Å². The van der Waals surface area contributed by atoms with Crippen LogP contribution in [0.15, 0.2) is 48.2 Å². The Labute approximate surface area is 114 Å². The van der Waals surface area contributed by atoms with E-state index in [-0.39, 0.29) is 0 Å². The molecule has 1 aromatic carbocycles. The fourth-order valence-electron chi connectivity index (χ4n) is 1.98. The van der Waals surface area contributed by atoms with Gasteiger partial charge in [0.1, 0.15) is 0 Å². The van der Waals surface area contributed by atoms with Gasteiger partial charge in [-0.3, -0.25) is 0 Å². The van der Waals surface area contributed by atoms with Gasteiger partial charge in [-0.05, 0) is 32.3 Å². The highest BCUT2D eigenvalue weighted by atomic mass is 15.0. The summed E-state index contributed by atoms with van der Waals surface area (Å²) in [6, 6.07) is 10.2. The van der Waals surface area contributed by atoms with E-state index >= 15 is 0 Å². The molecule has 0 saturated carbocycles. The molecule has 0 aliphatic rings. The average molecular weight is 253 g/mol. The first-order valence-corrected chi connectivity index (χ1v) is 6.47. The van der Waals surface area contributed by atoms with Gasteiger partial charge < -0.3 is 5.73 Å². The lowest BCUT2D eigenvalue weighted by molar-refractivity contribution is 0.928. The number of allylic oxidation sites excluding steroid dienone is 2. The summed E-state index contributed by atoms with van der Waals surface area (Å²) in [6.07, 6.45) is 5.88. The van der Waals surface area contributed by atoms with E-state index in [1.54, 1.807) is 0 Å². The minimum absolute atomic E-state index is 0.340. The normalized spacial score (nSPS) is 10.2. The van der Waals surface area contributed by atoms with E-state index in [2.05, 4.69) is 42.0 Å². The second kappa shape index (κ2) is 6.14. The van der Waals surface area contributed by atoms with Crippen molar-refractivity contribution in [3.63, 3.8) is 0 Å². The Kier molecular flexibility index (Phi) is 4.29. The van der Waals surface area contributed by atoms with Crippen molar-refractivity contribution in [2.45, 2.75) is 26.7 Å². The summed E-state index contributed by atoms with van der Waals surface area (Å²) in [5, 5.41) is 0. The summed E-state index contributed by atoms with van der Waals surface area (Å²) in [6.45, 7) is 4.21. The van der Waals surface area contributed by atoms with Gasteiger partial charge in [0.15, 0.2) is 0 Å². The first-order valence-electron chi connectivity index (χ1n) is 6.47. The summed E-state index contributed by atoms with van der Waals surface area (Å²) >= 11 is 0. The zero-order chi connectivity index (χ0) is 13.7. The van der Waals surface area contributed by atoms with Gasteiger partial charge in [0.25, 0.3) is 0 Å². The highest BCUT2D eigenvalue weighted by Gasteiger charge is 2.07. The lowest BCUT2D eigenvalue weighted by Crippen LogP contribution is -2.01. The van der Waals surface area contributed by atoms with Crippen molar-refractivity contribution in [1.82, 2.24) is 9.97 Å². The van der Waals surface area contributed by atoms with Crippen LogP contribution in [0, 0.1) is 0 Å². The Balaban J connectivity index is 2.31. The first kappa shape index (κ1) is 13.3. The zero-order valence-electron chi connectivity index (χ0n) is 11.4. The smallest absolute Gasteiger partial charge is 0.220 e. The van der Waals surface area contributed by atoms with Crippen LogP contribution in [0.25, 0.3) is 11.1 Å². The number of nitrogens with two attached hydrogens (primary N) is 1. The molecule has 0 atom stereocenters. The topological polar surface area (TPSA) is 51.8 Å². The molecule has 0 fully saturated rings. The second-order valence-electron chi connectivity index (χ2n) is 4.77. The van der Waals surface area contributed by atoms with E-state index in [4.69, 9.17) is 5.73 Å². The van der Waals surface area contributed by atoms with Crippen molar-refractivity contribution in [2.24, 2.45) is 0 Å². The number of hydrogen-bond donors (Lipinski definition) is 1. The molecule has 0 aliphatic heterocycles. The fourth-order valence-corrected chi connectivity index (χ4v) is 1.98. The minimum Gasteiger partial charge on any atom is -0.368 e. The van der Waals surface area contributed by atoms with Gasteiger partial charge in [-0.25, -0.2) is 9.97 Å². The Hall–Kier alpha value is -2.16. The second-order valence-corrected chi connectivity index (χ2v) is 4.77. The standard InChI is InChI=1S/C16H19N3/c1-12(2)7-6-10-15-14(11-18-16(17)19-15)13-8-4-3-5-9-13/h3-5,7-9,11H,6,10H2,1-2H3,(H2,17,18,19). The summed E-state index contributed by atoms with van der Waals surface area (Å²) in [4.78, 5) is 8.49. The predicted molar refractivity (Wildman–Crippen MR) is 79.6 cm³/mol. The molecular weight excluding hydrogens is 234 g/mol. The molecule has 2 N–H and O–H groups in total. The SMILES string of the molecule is CC(C)=CCCc1nc(N)ncc1-c1ccccc1. The number of aryl methyl sites for hydroxylation is 1. The van der Waals surface area contributed by atoms with Crippen molar-refractivity contribution in [2.75, 3.05) is 5.73 Å². The molecule has 1 aromatic heterocycles. The van der Waals surface area contributed by atoms with Crippen LogP contribution >= 0.6 is 0 Å². The highest BCUT2D eigenvalue weighted by molar-refractivity contribution is 5.65. The van der Waals surface area contributed by atoms with Crippen molar-refractivity contribution >= 4 is 5.95 Å². The van der Waals surface area contributed by atoms with Gasteiger partial charge in [0.05, 0.1) is 5.69 Å². The van der Waals surface area contributed by atoms with Crippen molar-refractivity contribution in [1.29, 1.82) is 0 Å². The van der Waals surface area contributed by atoms with Crippen LogP contribution in [-0.4, -0.2) is 9.97 Å². The predicted octanol–water partition coefficient (Wildman–Crippen LogP) is 3.62. The molecule has 98 valence electrons. The number of anilines is 1. The van der Waals surface area contributed by atoms with E-state index in [0.717, 1.165) is 29.7 Å². The molecule has 2 rings (SSSR count). The number of rotatable bonds is 4. The number of nitrogens with zero attached hydrogens (tertiary/aromatic N) is 2. The van der Waals surface area contributed by atoms with Crippen LogP contribution in [0.2, 0.25) is 0 Å². The van der Waals surface area contributed by atoms with Gasteiger partial charge >= 0.3 is 0 Å². The number of hydrogen-bond acceptors (Lipinski definition) is 3. The van der Waals surface area contributed by atoms with Crippen LogP contribution in [0.4, 0.5) is 5.95 Å². The van der Waals surface area contributed by atoms with E-state index in [0.29, 0.717) is 5.95 Å². The third-order valence-electron chi connectivity index (χ3n) is 2.90. The molecule has 0 spiro atoms. The number of nitrogen functional groups attached to an aromatic ring is 1. The van der Waals surface area contributed by atoms with Crippen LogP contribution in [0.3, 0.4) is 0 Å². The van der Waals surface area contributed by atoms with Gasteiger partial charge in [0.2, 0.25) is 5.95 Å². The third-order valence-corrected chi connectivity index (χ3v) is 2.90. The van der Waals surface area contributed by atoms with Gasteiger partial charge in [0, 0.05) is 11.8 Å². The van der Waals surface area contributed by atoms with Crippen LogP contribution in [-0.2, 0) is 6.42 Å². The third kappa shape index (κ3) is 3.65. The van der Waals surface area contributed by atoms with Crippen LogP contribution in [0.1, 0.15) is 26.0 Å². The molecule has 1 heterocycles. The first-order chi connectivity index (χ1) is 9.16. The number of aromatic nitrogens is 2. The minimum atomic E-state index is 0.340. The lowest BCUT2D eigenvalue weighted by atomic mass is 10.0. The maximum absolute atomic E-state index is 5.70. The molecule has 2 aromatic rings. The largest absolute Gasteiger partial charge is 0.368 e. The van der Waals surface area contributed by atoms with Gasteiger partial charge in [-0.1, -0.05) is 42.0 Å². The summed E-state index contributed by atoms with van der Waals surface area (Å²) < 4.78 is 0. The maximum atomic E-state index is 5.70. The molecule has 0 saturated heterocycles. The molecule has 19 heavy (non-hydrogen) atoms. The Morgan fingerprint density at radius 1 is 1.21 bits per heavy atom. The van der Waals surface area contributed by atoms with E-state index in [1.807, 2.05) is 24.4 Å². The quantitative estimate of drug-likeness (QED) is 0.847. The summed E-state index contributed by atoms with van der Waals surface area (Å²) in [7, 11) is 0. The van der Waals surface area contributed by atoms with Crippen molar-refractivity contribution in [3.8, 4) is 11.1 Å². The molecule has 3 heteroatoms. The monoisotopic (exact) mass is 253 g/mol. The molecule has 0 aliphatic carbocycles. The van der Waals surface area contributed by atoms with Gasteiger partial charge in [-0.15, -0.1) is 0 Å². The molecule has 0 amide bonds. The maximum Gasteiger partial charge on any atom is 0.220 e. The lowest BCUT2D eigenvalue weighted by Gasteiger charge is -2.08. The average Bonchev–Trinajstić information content (AvgIpc) is 2.39. The van der Waals surface area contributed by atoms with Crippen LogP contribution in [0.5, 0.6) is 0 Å². The molecular formula is C16H19N3. The number of benzene rings is 1. The van der Waals surface area contributed by atoms with Crippen molar-refractivity contribution < 1.29 is 0 Å². The highest BCUT2D eigenvalue weighted by Crippen LogP contribution is 2.23. The molecule has 0 unspecified atom stereocenters. The van der Waals surface area contributed by atoms with E-state index < -0.39 is 0 Å². The summed E-state index contributed by atoms with van der Waals surface area (Å²) in [5.41, 5.74) is 10.2. The van der Waals surface area contributed by atoms with Crippen LogP contribution < -0.4 is 5.73 Å². The molecule has 3 nitrogen and oxygen atoms in total. The van der Waals surface area contributed by atoms with E-state index in [9.17, 15) is 0 Å². The Bertz CT molecular complexity index is 570. The Morgan fingerprint density at radius 3 is 2.63 bits per heavy atom. The Morgan fingerprint density at radius 2 is 1.95 bits per heavy atom. The zero-order valence-corrected chi connectivity index (χ0v) is 11.4. The van der Waals surface area contributed by atoms with Crippen molar-refractivity contribution in [3.05, 3.63) is 53.9 Å².